The molecule has 1 aliphatic heterocycles. The standard InChI is InChI=1S/C15H23NO3S2/c1-15(2,3)21(17,18)9-8-16-10-12-11-20-14-7-5-4-6-13(14)19-12/h4-7,12,16H,8-11H2,1-3H3. The molecule has 1 heterocycles. The lowest BCUT2D eigenvalue weighted by atomic mass is 10.3. The Hall–Kier alpha value is -0.720. The first-order chi connectivity index (χ1) is 9.79. The van der Waals surface area contributed by atoms with Crippen LogP contribution in [0.1, 0.15) is 20.8 Å². The van der Waals surface area contributed by atoms with E-state index in [1.807, 2.05) is 18.2 Å². The Labute approximate surface area is 131 Å². The zero-order valence-corrected chi connectivity index (χ0v) is 14.4. The van der Waals surface area contributed by atoms with Gasteiger partial charge in [-0.2, -0.15) is 0 Å². The molecule has 0 saturated heterocycles. The maximum absolute atomic E-state index is 12.0. The highest BCUT2D eigenvalue weighted by Crippen LogP contribution is 2.34. The van der Waals surface area contributed by atoms with Gasteiger partial charge in [0.05, 0.1) is 10.5 Å². The number of hydrogen-bond donors (Lipinski definition) is 1. The van der Waals surface area contributed by atoms with Gasteiger partial charge in [-0.3, -0.25) is 0 Å². The molecule has 2 rings (SSSR count). The number of ether oxygens (including phenoxy) is 1. The summed E-state index contributed by atoms with van der Waals surface area (Å²) in [6, 6.07) is 7.99. The molecular formula is C15H23NO3S2. The van der Waals surface area contributed by atoms with Crippen LogP contribution in [0.25, 0.3) is 0 Å². The molecule has 0 saturated carbocycles. The summed E-state index contributed by atoms with van der Waals surface area (Å²) in [5, 5.41) is 3.20. The maximum atomic E-state index is 12.0. The molecule has 1 unspecified atom stereocenters. The van der Waals surface area contributed by atoms with E-state index in [9.17, 15) is 8.42 Å². The first kappa shape index (κ1) is 16.6. The number of fused-ring (bicyclic) bond motifs is 1. The fraction of sp³-hybridized carbons (Fsp3) is 0.600. The first-order valence-corrected chi connectivity index (χ1v) is 9.75. The molecule has 4 nitrogen and oxygen atoms in total. The third kappa shape index (κ3) is 4.37. The van der Waals surface area contributed by atoms with Gasteiger partial charge in [0, 0.05) is 23.7 Å². The van der Waals surface area contributed by atoms with Crippen molar-refractivity contribution in [3.8, 4) is 5.75 Å². The van der Waals surface area contributed by atoms with Gasteiger partial charge in [-0.1, -0.05) is 12.1 Å². The summed E-state index contributed by atoms with van der Waals surface area (Å²) in [5.41, 5.74) is 0. The van der Waals surface area contributed by atoms with E-state index in [1.54, 1.807) is 32.5 Å². The van der Waals surface area contributed by atoms with Crippen molar-refractivity contribution in [2.75, 3.05) is 24.6 Å². The van der Waals surface area contributed by atoms with E-state index in [0.29, 0.717) is 13.1 Å². The van der Waals surface area contributed by atoms with Crippen LogP contribution >= 0.6 is 11.8 Å². The number of benzene rings is 1. The monoisotopic (exact) mass is 329 g/mol. The Morgan fingerprint density at radius 2 is 2.05 bits per heavy atom. The summed E-state index contributed by atoms with van der Waals surface area (Å²) in [5.74, 6) is 1.96. The van der Waals surface area contributed by atoms with Gasteiger partial charge in [-0.25, -0.2) is 8.42 Å². The number of hydrogen-bond acceptors (Lipinski definition) is 5. The van der Waals surface area contributed by atoms with Crippen LogP contribution in [0.15, 0.2) is 29.2 Å². The van der Waals surface area contributed by atoms with Crippen molar-refractivity contribution < 1.29 is 13.2 Å². The molecule has 0 radical (unpaired) electrons. The number of thioether (sulfide) groups is 1. The zero-order valence-electron chi connectivity index (χ0n) is 12.8. The van der Waals surface area contributed by atoms with E-state index in [0.717, 1.165) is 11.5 Å². The average Bonchev–Trinajstić information content (AvgIpc) is 2.42. The molecule has 0 amide bonds. The Morgan fingerprint density at radius 1 is 1.33 bits per heavy atom. The van der Waals surface area contributed by atoms with Crippen molar-refractivity contribution in [3.63, 3.8) is 0 Å². The highest BCUT2D eigenvalue weighted by atomic mass is 32.2. The fourth-order valence-corrected chi connectivity index (χ4v) is 3.95. The van der Waals surface area contributed by atoms with Crippen LogP contribution in [0.4, 0.5) is 0 Å². The van der Waals surface area contributed by atoms with Crippen LogP contribution in [-0.4, -0.2) is 43.9 Å². The highest BCUT2D eigenvalue weighted by Gasteiger charge is 2.28. The van der Waals surface area contributed by atoms with Crippen molar-refractivity contribution in [2.45, 2.75) is 36.5 Å². The van der Waals surface area contributed by atoms with Crippen molar-refractivity contribution in [3.05, 3.63) is 24.3 Å². The molecule has 0 spiro atoms. The lowest BCUT2D eigenvalue weighted by Gasteiger charge is -2.26. The molecule has 0 aliphatic carbocycles. The van der Waals surface area contributed by atoms with Gasteiger partial charge in [0.15, 0.2) is 9.84 Å². The van der Waals surface area contributed by atoms with Crippen LogP contribution in [0.3, 0.4) is 0 Å². The van der Waals surface area contributed by atoms with Gasteiger partial charge in [0.25, 0.3) is 0 Å². The van der Waals surface area contributed by atoms with E-state index >= 15 is 0 Å². The molecule has 118 valence electrons. The molecule has 1 aliphatic rings. The number of rotatable bonds is 5. The molecule has 0 fully saturated rings. The second-order valence-corrected chi connectivity index (χ2v) is 10.1. The Balaban J connectivity index is 1.76. The molecule has 1 atom stereocenters. The van der Waals surface area contributed by atoms with Crippen LogP contribution in [-0.2, 0) is 9.84 Å². The van der Waals surface area contributed by atoms with Crippen LogP contribution in [0.5, 0.6) is 5.75 Å². The Morgan fingerprint density at radius 3 is 2.76 bits per heavy atom. The van der Waals surface area contributed by atoms with Crippen LogP contribution in [0.2, 0.25) is 0 Å². The normalized spacial score (nSPS) is 18.9. The second-order valence-electron chi connectivity index (χ2n) is 6.13. The van der Waals surface area contributed by atoms with E-state index in [-0.39, 0.29) is 11.9 Å². The van der Waals surface area contributed by atoms with Crippen LogP contribution in [0, 0.1) is 0 Å². The lowest BCUT2D eigenvalue weighted by Crippen LogP contribution is -2.39. The van der Waals surface area contributed by atoms with Crippen LogP contribution < -0.4 is 10.1 Å². The SMILES string of the molecule is CC(C)(C)S(=O)(=O)CCNCC1CSc2ccccc2O1. The second kappa shape index (κ2) is 6.58. The zero-order chi connectivity index (χ0) is 15.5. The number of para-hydroxylation sites is 1. The van der Waals surface area contributed by atoms with Gasteiger partial charge in [0.2, 0.25) is 0 Å². The van der Waals surface area contributed by atoms with Gasteiger partial charge in [-0.15, -0.1) is 11.8 Å². The minimum atomic E-state index is -3.06. The van der Waals surface area contributed by atoms with E-state index in [2.05, 4.69) is 11.4 Å². The topological polar surface area (TPSA) is 55.4 Å². The summed E-state index contributed by atoms with van der Waals surface area (Å²) in [6.07, 6.45) is 0.0854. The van der Waals surface area contributed by atoms with Crippen molar-refractivity contribution in [1.29, 1.82) is 0 Å². The third-order valence-corrected chi connectivity index (χ3v) is 7.21. The Kier molecular flexibility index (Phi) is 5.22. The summed E-state index contributed by atoms with van der Waals surface area (Å²) in [4.78, 5) is 1.17. The predicted octanol–water partition coefficient (Wildman–Crippen LogP) is 2.34. The minimum absolute atomic E-state index is 0.0854. The summed E-state index contributed by atoms with van der Waals surface area (Å²) in [6.45, 7) is 6.34. The summed E-state index contributed by atoms with van der Waals surface area (Å²) in [7, 11) is -3.06. The number of nitrogens with one attached hydrogen (secondary N) is 1. The molecule has 6 heteroatoms. The van der Waals surface area contributed by atoms with Crippen molar-refractivity contribution >= 4 is 21.6 Å². The molecule has 1 aromatic rings. The van der Waals surface area contributed by atoms with Gasteiger partial charge in [0.1, 0.15) is 11.9 Å². The average molecular weight is 329 g/mol. The molecule has 1 aromatic carbocycles. The molecular weight excluding hydrogens is 306 g/mol. The van der Waals surface area contributed by atoms with E-state index in [4.69, 9.17) is 4.74 Å². The third-order valence-electron chi connectivity index (χ3n) is 3.42. The number of sulfone groups is 1. The van der Waals surface area contributed by atoms with Crippen molar-refractivity contribution in [2.24, 2.45) is 0 Å². The molecule has 21 heavy (non-hydrogen) atoms. The fourth-order valence-electron chi connectivity index (χ4n) is 1.94. The van der Waals surface area contributed by atoms with Gasteiger partial charge < -0.3 is 10.1 Å². The summed E-state index contributed by atoms with van der Waals surface area (Å²) >= 11 is 1.78. The lowest BCUT2D eigenvalue weighted by molar-refractivity contribution is 0.212. The Bertz CT molecular complexity index is 579. The van der Waals surface area contributed by atoms with Gasteiger partial charge in [-0.05, 0) is 32.9 Å². The summed E-state index contributed by atoms with van der Waals surface area (Å²) < 4.78 is 29.2. The van der Waals surface area contributed by atoms with Crippen molar-refractivity contribution in [1.82, 2.24) is 5.32 Å². The largest absolute Gasteiger partial charge is 0.487 e. The van der Waals surface area contributed by atoms with Gasteiger partial charge >= 0.3 is 0 Å². The highest BCUT2D eigenvalue weighted by molar-refractivity contribution is 7.99. The van der Waals surface area contributed by atoms with E-state index < -0.39 is 14.6 Å². The first-order valence-electron chi connectivity index (χ1n) is 7.11. The van der Waals surface area contributed by atoms with E-state index in [1.165, 1.54) is 4.90 Å². The quantitative estimate of drug-likeness (QED) is 0.840. The minimum Gasteiger partial charge on any atom is -0.487 e. The molecule has 0 aromatic heterocycles. The maximum Gasteiger partial charge on any atom is 0.156 e. The predicted molar refractivity (Wildman–Crippen MR) is 88.0 cm³/mol. The molecule has 1 N–H and O–H groups in total. The molecule has 0 bridgehead atoms. The smallest absolute Gasteiger partial charge is 0.156 e.